The molecule has 0 bridgehead atoms. The van der Waals surface area contributed by atoms with Gasteiger partial charge in [-0.2, -0.15) is 0 Å². The van der Waals surface area contributed by atoms with Crippen LogP contribution in [0.5, 0.6) is 5.75 Å². The monoisotopic (exact) mass is 454 g/mol. The van der Waals surface area contributed by atoms with Crippen LogP contribution in [-0.4, -0.2) is 32.9 Å². The third kappa shape index (κ3) is 4.60. The molecule has 8 heteroatoms. The number of nitrogens with zero attached hydrogens (tertiary/aromatic N) is 1. The third-order valence-electron chi connectivity index (χ3n) is 5.52. The number of methoxy groups -OCH3 is 1. The summed E-state index contributed by atoms with van der Waals surface area (Å²) in [6, 6.07) is 18.5. The summed E-state index contributed by atoms with van der Waals surface area (Å²) < 4.78 is 46.2. The van der Waals surface area contributed by atoms with Crippen LogP contribution in [0.1, 0.15) is 34.8 Å². The van der Waals surface area contributed by atoms with Crippen molar-refractivity contribution in [3.63, 3.8) is 0 Å². The van der Waals surface area contributed by atoms with Crippen molar-refractivity contribution in [2.24, 2.45) is 0 Å². The number of benzene rings is 3. The summed E-state index contributed by atoms with van der Waals surface area (Å²) in [6.45, 7) is 0.597. The minimum atomic E-state index is -3.80. The van der Waals surface area contributed by atoms with Crippen molar-refractivity contribution in [1.82, 2.24) is 4.90 Å². The fourth-order valence-corrected chi connectivity index (χ4v) is 4.92. The number of sulfonamides is 1. The molecule has 0 saturated carbocycles. The number of nitrogens with one attached hydrogen (secondary N) is 1. The number of hydrogen-bond acceptors (Lipinski definition) is 4. The van der Waals surface area contributed by atoms with Crippen molar-refractivity contribution in [1.29, 1.82) is 0 Å². The van der Waals surface area contributed by atoms with Gasteiger partial charge in [0.2, 0.25) is 0 Å². The maximum absolute atomic E-state index is 13.3. The Bertz CT molecular complexity index is 1190. The van der Waals surface area contributed by atoms with E-state index in [0.29, 0.717) is 23.5 Å². The quantitative estimate of drug-likeness (QED) is 0.590. The Balaban J connectivity index is 1.49. The van der Waals surface area contributed by atoms with Crippen LogP contribution in [0, 0.1) is 5.82 Å². The van der Waals surface area contributed by atoms with Gasteiger partial charge in [-0.3, -0.25) is 9.52 Å². The van der Waals surface area contributed by atoms with Crippen molar-refractivity contribution in [2.75, 3.05) is 18.4 Å². The number of rotatable bonds is 6. The Hall–Kier alpha value is -3.39. The van der Waals surface area contributed by atoms with Gasteiger partial charge < -0.3 is 9.64 Å². The van der Waals surface area contributed by atoms with Crippen LogP contribution in [0.3, 0.4) is 0 Å². The second-order valence-electron chi connectivity index (χ2n) is 7.57. The van der Waals surface area contributed by atoms with E-state index in [9.17, 15) is 17.6 Å². The van der Waals surface area contributed by atoms with Crippen LogP contribution >= 0.6 is 0 Å². The van der Waals surface area contributed by atoms with Crippen molar-refractivity contribution in [3.8, 4) is 5.75 Å². The second kappa shape index (κ2) is 9.00. The van der Waals surface area contributed by atoms with Crippen LogP contribution in [0.15, 0.2) is 77.7 Å². The molecule has 1 aliphatic rings. The highest BCUT2D eigenvalue weighted by Gasteiger charge is 2.30. The Labute approximate surface area is 186 Å². The SMILES string of the molecule is COc1ccc(NS(=O)(=O)c2ccc(C(=O)N3CCCC3c3ccc(F)cc3)cc2)cc1. The first-order valence-corrected chi connectivity index (χ1v) is 11.7. The van der Waals surface area contributed by atoms with E-state index < -0.39 is 10.0 Å². The van der Waals surface area contributed by atoms with Crippen molar-refractivity contribution >= 4 is 21.6 Å². The molecule has 6 nitrogen and oxygen atoms in total. The van der Waals surface area contributed by atoms with E-state index in [1.165, 1.54) is 43.5 Å². The number of likely N-dealkylation sites (tertiary alicyclic amines) is 1. The number of hydrogen-bond donors (Lipinski definition) is 1. The Morgan fingerprint density at radius 1 is 1.00 bits per heavy atom. The van der Waals surface area contributed by atoms with Gasteiger partial charge in [0, 0.05) is 17.8 Å². The molecule has 1 fully saturated rings. The molecule has 1 heterocycles. The zero-order valence-corrected chi connectivity index (χ0v) is 18.3. The molecule has 0 aromatic heterocycles. The Morgan fingerprint density at radius 3 is 2.28 bits per heavy atom. The minimum Gasteiger partial charge on any atom is -0.497 e. The molecule has 1 saturated heterocycles. The lowest BCUT2D eigenvalue weighted by atomic mass is 10.0. The minimum absolute atomic E-state index is 0.0568. The number of carbonyl (C=O) groups excluding carboxylic acids is 1. The zero-order valence-electron chi connectivity index (χ0n) is 17.5. The molecule has 166 valence electrons. The number of amides is 1. The number of ether oxygens (including phenoxy) is 1. The molecule has 1 atom stereocenters. The summed E-state index contributed by atoms with van der Waals surface area (Å²) in [5.74, 6) is 0.130. The summed E-state index contributed by atoms with van der Waals surface area (Å²) in [6.07, 6.45) is 1.65. The highest BCUT2D eigenvalue weighted by atomic mass is 32.2. The topological polar surface area (TPSA) is 75.7 Å². The first-order chi connectivity index (χ1) is 15.4. The van der Waals surface area contributed by atoms with Crippen molar-refractivity contribution in [3.05, 3.63) is 89.7 Å². The normalized spacial score (nSPS) is 16.1. The van der Waals surface area contributed by atoms with E-state index in [0.717, 1.165) is 18.4 Å². The van der Waals surface area contributed by atoms with Gasteiger partial charge >= 0.3 is 0 Å². The van der Waals surface area contributed by atoms with E-state index in [1.807, 2.05) is 0 Å². The van der Waals surface area contributed by atoms with E-state index in [1.54, 1.807) is 41.3 Å². The van der Waals surface area contributed by atoms with E-state index in [2.05, 4.69) is 4.72 Å². The molecule has 32 heavy (non-hydrogen) atoms. The largest absolute Gasteiger partial charge is 0.497 e. The fraction of sp³-hybridized carbons (Fsp3) is 0.208. The maximum atomic E-state index is 13.3. The van der Waals surface area contributed by atoms with Gasteiger partial charge in [0.25, 0.3) is 15.9 Å². The van der Waals surface area contributed by atoms with Gasteiger partial charge in [-0.1, -0.05) is 12.1 Å². The first kappa shape index (κ1) is 21.8. The Morgan fingerprint density at radius 2 is 1.66 bits per heavy atom. The standard InChI is InChI=1S/C24H23FN2O4S/c1-31-21-12-10-20(11-13-21)26-32(29,30)22-14-6-18(7-15-22)24(28)27-16-2-3-23(27)17-4-8-19(25)9-5-17/h4-15,23,26H,2-3,16H2,1H3. The highest BCUT2D eigenvalue weighted by molar-refractivity contribution is 7.92. The summed E-state index contributed by atoms with van der Waals surface area (Å²) in [4.78, 5) is 14.9. The van der Waals surface area contributed by atoms with Gasteiger partial charge in [-0.05, 0) is 79.1 Å². The predicted octanol–water partition coefficient (Wildman–Crippen LogP) is 4.61. The van der Waals surface area contributed by atoms with Gasteiger partial charge in [-0.25, -0.2) is 12.8 Å². The van der Waals surface area contributed by atoms with Crippen LogP contribution in [0.2, 0.25) is 0 Å². The van der Waals surface area contributed by atoms with Crippen LogP contribution in [0.25, 0.3) is 0 Å². The van der Waals surface area contributed by atoms with Gasteiger partial charge in [0.15, 0.2) is 0 Å². The van der Waals surface area contributed by atoms with E-state index in [4.69, 9.17) is 4.74 Å². The van der Waals surface area contributed by atoms with Gasteiger partial charge in [0.1, 0.15) is 11.6 Å². The molecule has 1 amide bonds. The molecule has 4 rings (SSSR count). The third-order valence-corrected chi connectivity index (χ3v) is 6.92. The molecule has 0 spiro atoms. The molecule has 3 aromatic rings. The molecule has 0 aliphatic carbocycles. The summed E-state index contributed by atoms with van der Waals surface area (Å²) in [5, 5.41) is 0. The average Bonchev–Trinajstić information content (AvgIpc) is 3.29. The predicted molar refractivity (Wildman–Crippen MR) is 120 cm³/mol. The van der Waals surface area contributed by atoms with Crippen LogP contribution in [-0.2, 0) is 10.0 Å². The lowest BCUT2D eigenvalue weighted by molar-refractivity contribution is 0.0735. The summed E-state index contributed by atoms with van der Waals surface area (Å²) in [7, 11) is -2.27. The van der Waals surface area contributed by atoms with Gasteiger partial charge in [0.05, 0.1) is 18.0 Å². The van der Waals surface area contributed by atoms with E-state index in [-0.39, 0.29) is 22.7 Å². The molecule has 1 aliphatic heterocycles. The molecular weight excluding hydrogens is 431 g/mol. The van der Waals surface area contributed by atoms with Crippen molar-refractivity contribution in [2.45, 2.75) is 23.8 Å². The maximum Gasteiger partial charge on any atom is 0.261 e. The van der Waals surface area contributed by atoms with Crippen molar-refractivity contribution < 1.29 is 22.3 Å². The molecule has 1 N–H and O–H groups in total. The van der Waals surface area contributed by atoms with Gasteiger partial charge in [-0.15, -0.1) is 0 Å². The molecular formula is C24H23FN2O4S. The smallest absolute Gasteiger partial charge is 0.261 e. The number of carbonyl (C=O) groups is 1. The molecule has 0 radical (unpaired) electrons. The number of anilines is 1. The number of halogens is 1. The summed E-state index contributed by atoms with van der Waals surface area (Å²) in [5.41, 5.74) is 1.70. The fourth-order valence-electron chi connectivity index (χ4n) is 3.86. The lowest BCUT2D eigenvalue weighted by Crippen LogP contribution is -2.30. The Kier molecular flexibility index (Phi) is 6.14. The first-order valence-electron chi connectivity index (χ1n) is 10.2. The summed E-state index contributed by atoms with van der Waals surface area (Å²) >= 11 is 0. The van der Waals surface area contributed by atoms with E-state index >= 15 is 0 Å². The zero-order chi connectivity index (χ0) is 22.7. The second-order valence-corrected chi connectivity index (χ2v) is 9.25. The van der Waals surface area contributed by atoms with Crippen LogP contribution in [0.4, 0.5) is 10.1 Å². The molecule has 3 aromatic carbocycles. The average molecular weight is 455 g/mol. The van der Waals surface area contributed by atoms with Crippen LogP contribution < -0.4 is 9.46 Å². The molecule has 1 unspecified atom stereocenters. The highest BCUT2D eigenvalue weighted by Crippen LogP contribution is 2.33. The lowest BCUT2D eigenvalue weighted by Gasteiger charge is -2.25.